The van der Waals surface area contributed by atoms with E-state index in [9.17, 15) is 4.79 Å². The molecule has 4 aromatic rings. The van der Waals surface area contributed by atoms with E-state index in [1.54, 1.807) is 12.1 Å². The molecule has 0 spiro atoms. The Bertz CT molecular complexity index is 1280. The van der Waals surface area contributed by atoms with Gasteiger partial charge in [-0.1, -0.05) is 43.7 Å². The van der Waals surface area contributed by atoms with Gasteiger partial charge >= 0.3 is 5.97 Å². The number of halogens is 2. The highest BCUT2D eigenvalue weighted by Gasteiger charge is 2.18. The van der Waals surface area contributed by atoms with Crippen LogP contribution in [-0.4, -0.2) is 18.1 Å². The molecule has 4 rings (SSSR count). The van der Waals surface area contributed by atoms with E-state index in [4.69, 9.17) is 19.9 Å². The molecule has 7 heteroatoms. The summed E-state index contributed by atoms with van der Waals surface area (Å²) in [6.07, 6.45) is 0.865. The molecule has 0 unspecified atom stereocenters. The van der Waals surface area contributed by atoms with Crippen molar-refractivity contribution >= 4 is 41.7 Å². The molecule has 0 amide bonds. The van der Waals surface area contributed by atoms with Gasteiger partial charge in [-0.25, -0.2) is 4.79 Å². The summed E-state index contributed by atoms with van der Waals surface area (Å²) in [4.78, 5) is 16.8. The van der Waals surface area contributed by atoms with Crippen LogP contribution in [0.2, 0.25) is 0 Å². The Kier molecular flexibility index (Phi) is 9.28. The molecule has 0 atom stereocenters. The van der Waals surface area contributed by atoms with Gasteiger partial charge in [-0.15, -0.1) is 24.8 Å². The van der Waals surface area contributed by atoms with Crippen molar-refractivity contribution in [1.29, 1.82) is 0 Å². The Hall–Kier alpha value is -2.86. The number of benzene rings is 2. The van der Waals surface area contributed by atoms with Gasteiger partial charge in [-0.2, -0.15) is 0 Å². The number of nitrogens with zero attached hydrogens (tertiary/aromatic N) is 1. The fourth-order valence-electron chi connectivity index (χ4n) is 4.04. The smallest absolute Gasteiger partial charge is 0.373 e. The van der Waals surface area contributed by atoms with Gasteiger partial charge in [0.1, 0.15) is 5.76 Å². The Labute approximate surface area is 212 Å². The molecule has 0 aliphatic carbocycles. The fourth-order valence-corrected chi connectivity index (χ4v) is 4.04. The highest BCUT2D eigenvalue weighted by Crippen LogP contribution is 2.36. The molecule has 0 aliphatic heterocycles. The lowest BCUT2D eigenvalue weighted by molar-refractivity contribution is 0.0566. The predicted octanol–water partition coefficient (Wildman–Crippen LogP) is 6.76. The van der Waals surface area contributed by atoms with E-state index in [2.05, 4.69) is 51.1 Å². The Morgan fingerprint density at radius 1 is 1.03 bits per heavy atom. The minimum absolute atomic E-state index is 0. The first-order valence-electron chi connectivity index (χ1n) is 10.8. The minimum atomic E-state index is -0.497. The second-order valence-electron chi connectivity index (χ2n) is 8.47. The van der Waals surface area contributed by atoms with Crippen LogP contribution >= 0.6 is 24.8 Å². The first-order valence-corrected chi connectivity index (χ1v) is 10.8. The molecule has 0 radical (unpaired) electrons. The van der Waals surface area contributed by atoms with Gasteiger partial charge < -0.3 is 14.9 Å². The molecule has 0 bridgehead atoms. The van der Waals surface area contributed by atoms with E-state index >= 15 is 0 Å². The van der Waals surface area contributed by atoms with Crippen LogP contribution in [-0.2, 0) is 17.7 Å². The highest BCUT2D eigenvalue weighted by molar-refractivity contribution is 5.99. The van der Waals surface area contributed by atoms with Gasteiger partial charge in [0.05, 0.1) is 12.6 Å². The molecule has 2 aromatic carbocycles. The lowest BCUT2D eigenvalue weighted by Crippen LogP contribution is -2.10. The molecular formula is C27H30Cl2N2O3. The third kappa shape index (κ3) is 5.44. The Morgan fingerprint density at radius 2 is 1.71 bits per heavy atom. The number of carbonyl (C=O) groups excluding carboxylic acids is 1. The third-order valence-electron chi connectivity index (χ3n) is 5.59. The zero-order valence-corrected chi connectivity index (χ0v) is 21.4. The number of carbonyl (C=O) groups is 1. The lowest BCUT2D eigenvalue weighted by Gasteiger charge is -2.18. The average molecular weight is 501 g/mol. The molecule has 0 fully saturated rings. The van der Waals surface area contributed by atoms with Crippen molar-refractivity contribution < 1.29 is 13.9 Å². The number of aromatic nitrogens is 1. The maximum atomic E-state index is 11.8. The van der Waals surface area contributed by atoms with Crippen molar-refractivity contribution in [3.8, 4) is 22.5 Å². The van der Waals surface area contributed by atoms with Crippen molar-refractivity contribution in [1.82, 2.24) is 4.98 Å². The van der Waals surface area contributed by atoms with E-state index in [1.807, 2.05) is 12.1 Å². The maximum absolute atomic E-state index is 11.8. The van der Waals surface area contributed by atoms with Crippen LogP contribution in [0.5, 0.6) is 0 Å². The highest BCUT2D eigenvalue weighted by atomic mass is 35.5. The number of rotatable bonds is 6. The molecule has 34 heavy (non-hydrogen) atoms. The molecule has 2 aromatic heterocycles. The van der Waals surface area contributed by atoms with Gasteiger partial charge in [0, 0.05) is 23.2 Å². The van der Waals surface area contributed by atoms with Crippen LogP contribution in [0.4, 0.5) is 0 Å². The number of aryl methyl sites for hydroxylation is 1. The Balaban J connectivity index is 0.00000204. The number of methoxy groups -OCH3 is 1. The molecule has 0 aliphatic rings. The normalized spacial score (nSPS) is 10.6. The number of nitrogens with two attached hydrogens (primary N) is 1. The first-order chi connectivity index (χ1) is 15.4. The minimum Gasteiger partial charge on any atom is -0.463 e. The maximum Gasteiger partial charge on any atom is 0.373 e. The summed E-state index contributed by atoms with van der Waals surface area (Å²) in [6.45, 7) is 6.87. The van der Waals surface area contributed by atoms with E-state index in [0.29, 0.717) is 18.2 Å². The van der Waals surface area contributed by atoms with E-state index in [-0.39, 0.29) is 30.6 Å². The van der Waals surface area contributed by atoms with Crippen LogP contribution in [0.15, 0.2) is 59.0 Å². The summed E-state index contributed by atoms with van der Waals surface area (Å²) in [5.41, 5.74) is 13.6. The number of esters is 1. The summed E-state index contributed by atoms with van der Waals surface area (Å²) >= 11 is 0. The number of pyridine rings is 1. The van der Waals surface area contributed by atoms with Gasteiger partial charge in [-0.3, -0.25) is 4.98 Å². The molecule has 2 N–H and O–H groups in total. The molecular weight excluding hydrogens is 471 g/mol. The fraction of sp³-hybridized carbons (Fsp3) is 0.259. The third-order valence-corrected chi connectivity index (χ3v) is 5.59. The summed E-state index contributed by atoms with van der Waals surface area (Å²) in [5, 5.41) is 1.01. The summed E-state index contributed by atoms with van der Waals surface area (Å²) in [7, 11) is 1.34. The number of hydrogen-bond acceptors (Lipinski definition) is 5. The van der Waals surface area contributed by atoms with Crippen LogP contribution < -0.4 is 5.73 Å². The second kappa shape index (κ2) is 11.5. The first kappa shape index (κ1) is 27.4. The van der Waals surface area contributed by atoms with Crippen molar-refractivity contribution in [2.45, 2.75) is 33.7 Å². The van der Waals surface area contributed by atoms with Crippen LogP contribution in [0.3, 0.4) is 0 Å². The van der Waals surface area contributed by atoms with Crippen LogP contribution in [0.1, 0.15) is 41.2 Å². The van der Waals surface area contributed by atoms with Crippen LogP contribution in [0.25, 0.3) is 33.4 Å². The lowest BCUT2D eigenvalue weighted by atomic mass is 9.90. The van der Waals surface area contributed by atoms with Gasteiger partial charge in [-0.05, 0) is 66.3 Å². The monoisotopic (exact) mass is 500 g/mol. The van der Waals surface area contributed by atoms with Gasteiger partial charge in [0.15, 0.2) is 0 Å². The standard InChI is InChI=1S/C27H28N2O3.2ClH/c1-16(2)13-23-21(15-28)26(18-7-5-17(3)6-8-18)20-14-19(9-10-22(20)29-23)24-11-12-25(32-24)27(30)31-4;;/h5-12,14,16H,13,15,28H2,1-4H3;2*1H. The summed E-state index contributed by atoms with van der Waals surface area (Å²) in [6, 6.07) is 17.9. The largest absolute Gasteiger partial charge is 0.463 e. The molecule has 0 saturated heterocycles. The van der Waals surface area contributed by atoms with Crippen LogP contribution in [0, 0.1) is 12.8 Å². The number of fused-ring (bicyclic) bond motifs is 1. The zero-order valence-electron chi connectivity index (χ0n) is 19.8. The Morgan fingerprint density at radius 3 is 2.32 bits per heavy atom. The zero-order chi connectivity index (χ0) is 22.8. The molecule has 180 valence electrons. The quantitative estimate of drug-likeness (QED) is 0.296. The van der Waals surface area contributed by atoms with Crippen molar-refractivity contribution in [3.05, 3.63) is 77.2 Å². The van der Waals surface area contributed by atoms with Crippen molar-refractivity contribution in [3.63, 3.8) is 0 Å². The average Bonchev–Trinajstić information content (AvgIpc) is 3.28. The predicted molar refractivity (Wildman–Crippen MR) is 142 cm³/mol. The molecule has 5 nitrogen and oxygen atoms in total. The number of ether oxygens (including phenoxy) is 1. The van der Waals surface area contributed by atoms with Crippen molar-refractivity contribution in [2.75, 3.05) is 7.11 Å². The van der Waals surface area contributed by atoms with Gasteiger partial charge in [0.2, 0.25) is 5.76 Å². The van der Waals surface area contributed by atoms with Gasteiger partial charge in [0.25, 0.3) is 0 Å². The van der Waals surface area contributed by atoms with E-state index in [1.165, 1.54) is 12.7 Å². The molecule has 0 saturated carbocycles. The van der Waals surface area contributed by atoms with E-state index < -0.39 is 5.97 Å². The SMILES string of the molecule is COC(=O)c1ccc(-c2ccc3nc(CC(C)C)c(CN)c(-c4ccc(C)cc4)c3c2)o1.Cl.Cl. The number of furan rings is 1. The summed E-state index contributed by atoms with van der Waals surface area (Å²) < 4.78 is 10.5. The van der Waals surface area contributed by atoms with Crippen molar-refractivity contribution in [2.24, 2.45) is 11.7 Å². The van der Waals surface area contributed by atoms with E-state index in [0.717, 1.165) is 45.3 Å². The topological polar surface area (TPSA) is 78.3 Å². The molecule has 2 heterocycles. The second-order valence-corrected chi connectivity index (χ2v) is 8.47. The number of hydrogen-bond donors (Lipinski definition) is 1. The summed E-state index contributed by atoms with van der Waals surface area (Å²) in [5.74, 6) is 0.746.